The minimum atomic E-state index is -0.714. The summed E-state index contributed by atoms with van der Waals surface area (Å²) in [7, 11) is 0. The fourth-order valence-electron chi connectivity index (χ4n) is 3.49. The molecule has 6 nitrogen and oxygen atoms in total. The Balaban J connectivity index is 1.41. The summed E-state index contributed by atoms with van der Waals surface area (Å²) < 4.78 is 8.69. The number of rotatable bonds is 9. The SMILES string of the molecule is O=C(NCCc1nc2ccccc2n1CC(O)COc1ccc(Br)cc1)c1ccccc1. The zero-order valence-electron chi connectivity index (χ0n) is 17.4. The minimum absolute atomic E-state index is 0.115. The molecule has 3 aromatic carbocycles. The van der Waals surface area contributed by atoms with Gasteiger partial charge in [0.15, 0.2) is 0 Å². The Labute approximate surface area is 195 Å². The molecule has 1 heterocycles. The van der Waals surface area contributed by atoms with Gasteiger partial charge < -0.3 is 19.7 Å². The number of fused-ring (bicyclic) bond motifs is 1. The molecular weight excluding hydrogens is 470 g/mol. The Morgan fingerprint density at radius 2 is 1.75 bits per heavy atom. The summed E-state index contributed by atoms with van der Waals surface area (Å²) in [6.07, 6.45) is -0.165. The summed E-state index contributed by atoms with van der Waals surface area (Å²) in [5, 5.41) is 13.6. The third kappa shape index (κ3) is 5.55. The van der Waals surface area contributed by atoms with E-state index >= 15 is 0 Å². The highest BCUT2D eigenvalue weighted by Gasteiger charge is 2.15. The maximum Gasteiger partial charge on any atom is 0.251 e. The average Bonchev–Trinajstić information content (AvgIpc) is 3.16. The molecule has 4 rings (SSSR count). The third-order valence-electron chi connectivity index (χ3n) is 5.05. The molecule has 0 aliphatic carbocycles. The van der Waals surface area contributed by atoms with Crippen LogP contribution in [-0.2, 0) is 13.0 Å². The molecule has 1 unspecified atom stereocenters. The summed E-state index contributed by atoms with van der Waals surface area (Å²) in [4.78, 5) is 17.0. The number of imidazole rings is 1. The van der Waals surface area contributed by atoms with E-state index in [2.05, 4.69) is 21.2 Å². The highest BCUT2D eigenvalue weighted by atomic mass is 79.9. The van der Waals surface area contributed by atoms with Crippen molar-refractivity contribution in [3.8, 4) is 5.75 Å². The number of amides is 1. The van der Waals surface area contributed by atoms with Crippen LogP contribution in [-0.4, -0.2) is 39.8 Å². The van der Waals surface area contributed by atoms with Gasteiger partial charge in [-0.05, 0) is 48.5 Å². The van der Waals surface area contributed by atoms with E-state index in [0.717, 1.165) is 21.3 Å². The highest BCUT2D eigenvalue weighted by molar-refractivity contribution is 9.10. The molecule has 0 aliphatic rings. The molecule has 2 N–H and O–H groups in total. The lowest BCUT2D eigenvalue weighted by atomic mass is 10.2. The lowest BCUT2D eigenvalue weighted by molar-refractivity contribution is 0.0922. The van der Waals surface area contributed by atoms with Gasteiger partial charge in [0, 0.05) is 23.0 Å². The van der Waals surface area contributed by atoms with Crippen LogP contribution in [0.15, 0.2) is 83.3 Å². The second-order valence-electron chi connectivity index (χ2n) is 7.42. The van der Waals surface area contributed by atoms with Crippen molar-refractivity contribution in [2.75, 3.05) is 13.2 Å². The monoisotopic (exact) mass is 493 g/mol. The number of hydrogen-bond donors (Lipinski definition) is 2. The number of nitrogens with one attached hydrogen (secondary N) is 1. The van der Waals surface area contributed by atoms with E-state index in [0.29, 0.717) is 30.8 Å². The van der Waals surface area contributed by atoms with Crippen molar-refractivity contribution in [3.05, 3.63) is 94.7 Å². The van der Waals surface area contributed by atoms with Gasteiger partial charge in [0.05, 0.1) is 17.6 Å². The van der Waals surface area contributed by atoms with Crippen LogP contribution in [0.4, 0.5) is 0 Å². The molecule has 0 saturated carbocycles. The van der Waals surface area contributed by atoms with Gasteiger partial charge >= 0.3 is 0 Å². The summed E-state index contributed by atoms with van der Waals surface area (Å²) >= 11 is 3.40. The molecule has 0 radical (unpaired) electrons. The minimum Gasteiger partial charge on any atom is -0.491 e. The van der Waals surface area contributed by atoms with Crippen molar-refractivity contribution >= 4 is 32.9 Å². The van der Waals surface area contributed by atoms with Crippen LogP contribution in [0, 0.1) is 0 Å². The Kier molecular flexibility index (Phi) is 7.19. The van der Waals surface area contributed by atoms with Gasteiger partial charge in [-0.15, -0.1) is 0 Å². The quantitative estimate of drug-likeness (QED) is 0.366. The molecule has 7 heteroatoms. The number of halogens is 1. The average molecular weight is 494 g/mol. The molecule has 164 valence electrons. The summed E-state index contributed by atoms with van der Waals surface area (Å²) in [5.74, 6) is 1.39. The lowest BCUT2D eigenvalue weighted by Crippen LogP contribution is -2.28. The molecule has 1 amide bonds. The van der Waals surface area contributed by atoms with Crippen LogP contribution in [0.3, 0.4) is 0 Å². The van der Waals surface area contributed by atoms with E-state index in [-0.39, 0.29) is 12.5 Å². The number of hydrogen-bond acceptors (Lipinski definition) is 4. The molecule has 4 aromatic rings. The van der Waals surface area contributed by atoms with Crippen molar-refractivity contribution in [2.24, 2.45) is 0 Å². The van der Waals surface area contributed by atoms with Gasteiger partial charge in [-0.2, -0.15) is 0 Å². The smallest absolute Gasteiger partial charge is 0.251 e. The van der Waals surface area contributed by atoms with Gasteiger partial charge in [0.1, 0.15) is 24.3 Å². The van der Waals surface area contributed by atoms with Crippen LogP contribution >= 0.6 is 15.9 Å². The van der Waals surface area contributed by atoms with E-state index in [9.17, 15) is 9.90 Å². The van der Waals surface area contributed by atoms with Gasteiger partial charge in [0.25, 0.3) is 5.91 Å². The third-order valence-corrected chi connectivity index (χ3v) is 5.58. The maximum absolute atomic E-state index is 12.3. The fraction of sp³-hybridized carbons (Fsp3) is 0.200. The van der Waals surface area contributed by atoms with E-state index in [1.54, 1.807) is 12.1 Å². The largest absolute Gasteiger partial charge is 0.491 e. The van der Waals surface area contributed by atoms with Crippen molar-refractivity contribution < 1.29 is 14.6 Å². The number of nitrogens with zero attached hydrogens (tertiary/aromatic N) is 2. The van der Waals surface area contributed by atoms with Crippen molar-refractivity contribution in [1.29, 1.82) is 0 Å². The van der Waals surface area contributed by atoms with Gasteiger partial charge in [-0.3, -0.25) is 4.79 Å². The highest BCUT2D eigenvalue weighted by Crippen LogP contribution is 2.19. The topological polar surface area (TPSA) is 76.4 Å². The predicted molar refractivity (Wildman–Crippen MR) is 128 cm³/mol. The van der Waals surface area contributed by atoms with Crippen LogP contribution in [0.2, 0.25) is 0 Å². The number of ether oxygens (including phenoxy) is 1. The number of aliphatic hydroxyl groups excluding tert-OH is 1. The normalized spacial score (nSPS) is 11.9. The fourth-order valence-corrected chi connectivity index (χ4v) is 3.75. The first kappa shape index (κ1) is 22.0. The first-order valence-electron chi connectivity index (χ1n) is 10.4. The summed E-state index contributed by atoms with van der Waals surface area (Å²) in [6.45, 7) is 0.958. The van der Waals surface area contributed by atoms with Crippen LogP contribution in [0.5, 0.6) is 5.75 Å². The van der Waals surface area contributed by atoms with Gasteiger partial charge in [-0.25, -0.2) is 4.98 Å². The summed E-state index contributed by atoms with van der Waals surface area (Å²) in [6, 6.07) is 24.4. The van der Waals surface area contributed by atoms with E-state index in [1.807, 2.05) is 71.3 Å². The van der Waals surface area contributed by atoms with Gasteiger partial charge in [0.2, 0.25) is 0 Å². The second-order valence-corrected chi connectivity index (χ2v) is 8.33. The first-order valence-corrected chi connectivity index (χ1v) is 11.2. The number of para-hydroxylation sites is 2. The van der Waals surface area contributed by atoms with Crippen molar-refractivity contribution in [1.82, 2.24) is 14.9 Å². The van der Waals surface area contributed by atoms with Crippen molar-refractivity contribution in [3.63, 3.8) is 0 Å². The zero-order valence-corrected chi connectivity index (χ0v) is 19.0. The molecule has 1 atom stereocenters. The number of carbonyl (C=O) groups excluding carboxylic acids is 1. The zero-order chi connectivity index (χ0) is 22.3. The maximum atomic E-state index is 12.3. The Hall–Kier alpha value is -3.16. The molecule has 0 fully saturated rings. The Bertz CT molecular complexity index is 1180. The van der Waals surface area contributed by atoms with Crippen LogP contribution in [0.25, 0.3) is 11.0 Å². The number of carbonyl (C=O) groups is 1. The van der Waals surface area contributed by atoms with E-state index < -0.39 is 6.10 Å². The summed E-state index contributed by atoms with van der Waals surface area (Å²) in [5.41, 5.74) is 2.43. The predicted octanol–water partition coefficient (Wildman–Crippen LogP) is 4.21. The molecule has 0 aliphatic heterocycles. The molecule has 32 heavy (non-hydrogen) atoms. The van der Waals surface area contributed by atoms with Gasteiger partial charge in [-0.1, -0.05) is 46.3 Å². The molecule has 0 spiro atoms. The molecular formula is C25H24BrN3O3. The number of aliphatic hydroxyl groups is 1. The second kappa shape index (κ2) is 10.4. The molecule has 0 bridgehead atoms. The van der Waals surface area contributed by atoms with Crippen LogP contribution < -0.4 is 10.1 Å². The first-order chi connectivity index (χ1) is 15.6. The standard InChI is InChI=1S/C25H24BrN3O3/c26-19-10-12-21(13-11-19)32-17-20(30)16-29-23-9-5-4-8-22(23)28-24(29)14-15-27-25(31)18-6-2-1-3-7-18/h1-13,20,30H,14-17H2,(H,27,31). The molecule has 1 aromatic heterocycles. The number of aromatic nitrogens is 2. The van der Waals surface area contributed by atoms with E-state index in [4.69, 9.17) is 9.72 Å². The Morgan fingerprint density at radius 3 is 2.53 bits per heavy atom. The van der Waals surface area contributed by atoms with Crippen LogP contribution in [0.1, 0.15) is 16.2 Å². The van der Waals surface area contributed by atoms with Crippen molar-refractivity contribution in [2.45, 2.75) is 19.1 Å². The lowest BCUT2D eigenvalue weighted by Gasteiger charge is -2.16. The number of benzene rings is 3. The van der Waals surface area contributed by atoms with E-state index in [1.165, 1.54) is 0 Å². The Morgan fingerprint density at radius 1 is 1.03 bits per heavy atom. The molecule has 0 saturated heterocycles.